The van der Waals surface area contributed by atoms with Crippen molar-refractivity contribution in [3.8, 4) is 17.2 Å². The zero-order valence-electron chi connectivity index (χ0n) is 20.0. The molecule has 0 radical (unpaired) electrons. The molecule has 1 saturated heterocycles. The number of rotatable bonds is 7. The third-order valence-electron chi connectivity index (χ3n) is 7.40. The summed E-state index contributed by atoms with van der Waals surface area (Å²) < 4.78 is 22.8. The van der Waals surface area contributed by atoms with Gasteiger partial charge in [-0.25, -0.2) is 0 Å². The Bertz CT molecular complexity index is 1050. The predicted octanol–water partition coefficient (Wildman–Crippen LogP) is 3.51. The number of nitrogens with one attached hydrogen (secondary N) is 1. The molecule has 1 amide bonds. The van der Waals surface area contributed by atoms with Gasteiger partial charge in [0.2, 0.25) is 18.4 Å². The average Bonchev–Trinajstić information content (AvgIpc) is 3.42. The summed E-state index contributed by atoms with van der Waals surface area (Å²) in [4.78, 5) is 15.0. The van der Waals surface area contributed by atoms with Gasteiger partial charge in [-0.05, 0) is 61.0 Å². The number of carbonyl (C=O) groups excluding carboxylic acids is 1. The molecular formula is C26H32N2O5S. The molecular weight excluding hydrogens is 452 g/mol. The average molecular weight is 485 g/mol. The molecule has 0 aromatic heterocycles. The van der Waals surface area contributed by atoms with Gasteiger partial charge >= 0.3 is 0 Å². The highest BCUT2D eigenvalue weighted by molar-refractivity contribution is 7.99. The Morgan fingerprint density at radius 3 is 2.74 bits per heavy atom. The number of benzene rings is 2. The molecule has 5 rings (SSSR count). The number of thioether (sulfide) groups is 1. The lowest BCUT2D eigenvalue weighted by Crippen LogP contribution is -2.50. The van der Waals surface area contributed by atoms with Gasteiger partial charge < -0.3 is 24.3 Å². The van der Waals surface area contributed by atoms with Crippen molar-refractivity contribution in [1.82, 2.24) is 10.2 Å². The van der Waals surface area contributed by atoms with Gasteiger partial charge in [-0.2, -0.15) is 11.8 Å². The van der Waals surface area contributed by atoms with Gasteiger partial charge in [-0.15, -0.1) is 0 Å². The van der Waals surface area contributed by atoms with Gasteiger partial charge in [0.15, 0.2) is 11.5 Å². The summed E-state index contributed by atoms with van der Waals surface area (Å²) in [6.45, 7) is 2.93. The van der Waals surface area contributed by atoms with Gasteiger partial charge in [-0.3, -0.25) is 9.69 Å². The molecule has 0 saturated carbocycles. The quantitative estimate of drug-likeness (QED) is 0.645. The first-order chi connectivity index (χ1) is 16.6. The topological polar surface area (TPSA) is 69.3 Å². The summed E-state index contributed by atoms with van der Waals surface area (Å²) >= 11 is 1.54. The predicted molar refractivity (Wildman–Crippen MR) is 132 cm³/mol. The highest BCUT2D eigenvalue weighted by Crippen LogP contribution is 2.52. The molecule has 2 aromatic rings. The van der Waals surface area contributed by atoms with Crippen LogP contribution in [-0.2, 0) is 21.5 Å². The molecule has 34 heavy (non-hydrogen) atoms. The fourth-order valence-corrected chi connectivity index (χ4v) is 6.26. The van der Waals surface area contributed by atoms with Gasteiger partial charge in [0.1, 0.15) is 0 Å². The number of methoxy groups -OCH3 is 2. The van der Waals surface area contributed by atoms with Gasteiger partial charge in [0.05, 0.1) is 25.0 Å². The molecule has 0 bridgehead atoms. The monoisotopic (exact) mass is 484 g/mol. The smallest absolute Gasteiger partial charge is 0.231 e. The first-order valence-corrected chi connectivity index (χ1v) is 13.1. The van der Waals surface area contributed by atoms with Crippen molar-refractivity contribution in [2.24, 2.45) is 0 Å². The zero-order valence-corrected chi connectivity index (χ0v) is 20.8. The fourth-order valence-electron chi connectivity index (χ4n) is 5.92. The Morgan fingerprint density at radius 1 is 1.21 bits per heavy atom. The summed E-state index contributed by atoms with van der Waals surface area (Å²) in [7, 11) is 3.43. The van der Waals surface area contributed by atoms with E-state index in [1.165, 1.54) is 22.9 Å². The maximum atomic E-state index is 12.5. The van der Waals surface area contributed by atoms with E-state index in [9.17, 15) is 4.79 Å². The number of fused-ring (bicyclic) bond motifs is 3. The van der Waals surface area contributed by atoms with E-state index in [-0.39, 0.29) is 30.3 Å². The van der Waals surface area contributed by atoms with Crippen molar-refractivity contribution >= 4 is 17.7 Å². The molecule has 1 N–H and O–H groups in total. The molecule has 2 aliphatic heterocycles. The van der Waals surface area contributed by atoms with E-state index in [4.69, 9.17) is 18.9 Å². The minimum absolute atomic E-state index is 0.0561. The Morgan fingerprint density at radius 2 is 2.00 bits per heavy atom. The zero-order chi connectivity index (χ0) is 23.7. The van der Waals surface area contributed by atoms with Crippen molar-refractivity contribution in [3.05, 3.63) is 53.1 Å². The van der Waals surface area contributed by atoms with Crippen LogP contribution in [0.2, 0.25) is 0 Å². The van der Waals surface area contributed by atoms with Crippen LogP contribution in [-0.4, -0.2) is 63.0 Å². The molecule has 8 heteroatoms. The Balaban J connectivity index is 1.35. The summed E-state index contributed by atoms with van der Waals surface area (Å²) in [6.07, 6.45) is 3.81. The van der Waals surface area contributed by atoms with E-state index < -0.39 is 0 Å². The third kappa shape index (κ3) is 4.01. The molecule has 1 aliphatic carbocycles. The summed E-state index contributed by atoms with van der Waals surface area (Å²) in [6, 6.07) is 12.5. The Kier molecular flexibility index (Phi) is 6.64. The molecule has 2 heterocycles. The molecule has 1 fully saturated rings. The van der Waals surface area contributed by atoms with Gasteiger partial charge in [0.25, 0.3) is 0 Å². The summed E-state index contributed by atoms with van der Waals surface area (Å²) in [5, 5.41) is 3.26. The normalized spacial score (nSPS) is 22.6. The van der Waals surface area contributed by atoms with Gasteiger partial charge in [-0.1, -0.05) is 24.3 Å². The first-order valence-electron chi connectivity index (χ1n) is 11.7. The second-order valence-electron chi connectivity index (χ2n) is 9.19. The van der Waals surface area contributed by atoms with Crippen molar-refractivity contribution in [1.29, 1.82) is 0 Å². The molecule has 1 spiro atoms. The van der Waals surface area contributed by atoms with E-state index in [1.54, 1.807) is 14.2 Å². The number of likely N-dealkylation sites (tertiary alicyclic amines) is 1. The lowest BCUT2D eigenvalue weighted by molar-refractivity contribution is -0.121. The van der Waals surface area contributed by atoms with Crippen LogP contribution < -0.4 is 19.5 Å². The van der Waals surface area contributed by atoms with E-state index in [2.05, 4.69) is 40.5 Å². The van der Waals surface area contributed by atoms with E-state index in [0.29, 0.717) is 17.3 Å². The van der Waals surface area contributed by atoms with Crippen LogP contribution >= 0.6 is 11.8 Å². The van der Waals surface area contributed by atoms with Crippen molar-refractivity contribution in [2.45, 2.75) is 36.9 Å². The number of hydrogen-bond acceptors (Lipinski definition) is 7. The van der Waals surface area contributed by atoms with Crippen LogP contribution in [0.5, 0.6) is 17.2 Å². The molecule has 2 atom stereocenters. The number of nitrogens with zero attached hydrogens (tertiary/aromatic N) is 1. The van der Waals surface area contributed by atoms with Crippen LogP contribution in [0, 0.1) is 0 Å². The second-order valence-corrected chi connectivity index (χ2v) is 10.1. The summed E-state index contributed by atoms with van der Waals surface area (Å²) in [5.74, 6) is 2.65. The summed E-state index contributed by atoms with van der Waals surface area (Å²) in [5.41, 5.74) is 3.55. The molecule has 0 unspecified atom stereocenters. The number of piperidine rings is 1. The van der Waals surface area contributed by atoms with Crippen LogP contribution in [0.1, 0.15) is 35.6 Å². The maximum Gasteiger partial charge on any atom is 0.231 e. The highest BCUT2D eigenvalue weighted by Gasteiger charge is 2.53. The highest BCUT2D eigenvalue weighted by atomic mass is 32.2. The minimum Gasteiger partial charge on any atom is -0.493 e. The van der Waals surface area contributed by atoms with Crippen molar-refractivity contribution < 1.29 is 23.7 Å². The van der Waals surface area contributed by atoms with Crippen LogP contribution in [0.3, 0.4) is 0 Å². The van der Waals surface area contributed by atoms with E-state index >= 15 is 0 Å². The molecule has 3 aliphatic rings. The first kappa shape index (κ1) is 23.3. The number of amides is 1. The third-order valence-corrected chi connectivity index (χ3v) is 7.95. The molecule has 182 valence electrons. The SMILES string of the molecule is COc1cc(CN2CCC3(CC2)c2ccccc2[C@@H](NC(=O)CSC)[C@@H]3OC)cc2c1OCO2. The Hall–Kier alpha value is -2.42. The number of carbonyl (C=O) groups is 1. The van der Waals surface area contributed by atoms with E-state index in [0.717, 1.165) is 43.8 Å². The van der Waals surface area contributed by atoms with Crippen molar-refractivity contribution in [3.63, 3.8) is 0 Å². The largest absolute Gasteiger partial charge is 0.493 e. The molecule has 2 aromatic carbocycles. The fraction of sp³-hybridized carbons (Fsp3) is 0.500. The van der Waals surface area contributed by atoms with E-state index in [1.807, 2.05) is 12.3 Å². The second kappa shape index (κ2) is 9.68. The van der Waals surface area contributed by atoms with Crippen molar-refractivity contribution in [2.75, 3.05) is 46.1 Å². The number of ether oxygens (including phenoxy) is 4. The lowest BCUT2D eigenvalue weighted by atomic mass is 9.72. The van der Waals surface area contributed by atoms with Gasteiger partial charge in [0, 0.05) is 19.1 Å². The Labute approximate surface area is 205 Å². The number of hydrogen-bond donors (Lipinski definition) is 1. The van der Waals surface area contributed by atoms with Crippen LogP contribution in [0.25, 0.3) is 0 Å². The minimum atomic E-state index is -0.120. The van der Waals surface area contributed by atoms with Crippen LogP contribution in [0.4, 0.5) is 0 Å². The molecule has 7 nitrogen and oxygen atoms in total. The standard InChI is InChI=1S/C26H32N2O5S/c1-30-20-12-17(13-21-24(20)33-16-32-21)14-28-10-8-26(9-11-28)19-7-5-4-6-18(19)23(25(26)31-2)27-22(29)15-34-3/h4-7,12-13,23,25H,8-11,14-16H2,1-3H3,(H,27,29)/t23-,25+/m1/s1. The van der Waals surface area contributed by atoms with Crippen LogP contribution in [0.15, 0.2) is 36.4 Å². The maximum absolute atomic E-state index is 12.5. The lowest BCUT2D eigenvalue weighted by Gasteiger charge is -2.44.